The molecule has 5 heteroatoms. The summed E-state index contributed by atoms with van der Waals surface area (Å²) in [5, 5.41) is -0.271. The summed E-state index contributed by atoms with van der Waals surface area (Å²) in [6, 6.07) is 0. The van der Waals surface area contributed by atoms with E-state index in [9.17, 15) is 9.59 Å². The number of ketones is 1. The second kappa shape index (κ2) is 6.44. The number of carbonyl (C=O) groups is 2. The maximum absolute atomic E-state index is 11.1. The molecule has 78 valence electrons. The van der Waals surface area contributed by atoms with Crippen molar-refractivity contribution in [3.05, 3.63) is 12.2 Å². The van der Waals surface area contributed by atoms with Gasteiger partial charge in [0.2, 0.25) is 0 Å². The third kappa shape index (κ3) is 4.45. The molecule has 1 rings (SSSR count). The van der Waals surface area contributed by atoms with Gasteiger partial charge in [-0.1, -0.05) is 6.08 Å². The van der Waals surface area contributed by atoms with Gasteiger partial charge in [-0.25, -0.2) is 4.79 Å². The highest BCUT2D eigenvalue weighted by Crippen LogP contribution is 2.19. The number of ether oxygens (including phenoxy) is 1. The van der Waals surface area contributed by atoms with Gasteiger partial charge < -0.3 is 4.74 Å². The van der Waals surface area contributed by atoms with E-state index in [1.54, 1.807) is 6.08 Å². The molecule has 0 radical (unpaired) electrons. The van der Waals surface area contributed by atoms with Gasteiger partial charge in [-0.05, 0) is 18.9 Å². The van der Waals surface area contributed by atoms with Gasteiger partial charge in [0, 0.05) is 43.0 Å². The van der Waals surface area contributed by atoms with Crippen LogP contribution >= 0.6 is 30.1 Å². The Morgan fingerprint density at radius 1 is 1.64 bits per heavy atom. The van der Waals surface area contributed by atoms with Crippen molar-refractivity contribution in [2.45, 2.75) is 31.8 Å². The maximum atomic E-state index is 11.1. The number of halogens is 1. The average molecular weight is 326 g/mol. The highest BCUT2D eigenvalue weighted by atomic mass is 127. The van der Waals surface area contributed by atoms with Crippen LogP contribution in [0.15, 0.2) is 12.2 Å². The lowest BCUT2D eigenvalue weighted by atomic mass is 10.0. The lowest BCUT2D eigenvalue weighted by Crippen LogP contribution is -2.14. The minimum Gasteiger partial charge on any atom is -0.449 e. The fourth-order valence-corrected chi connectivity index (χ4v) is 1.76. The van der Waals surface area contributed by atoms with Gasteiger partial charge in [0.15, 0.2) is 0 Å². The molecular weight excluding hydrogens is 315 g/mol. The fraction of sp³-hybridized carbons (Fsp3) is 0.556. The smallest absolute Gasteiger partial charge is 0.378 e. The topological polar surface area (TPSA) is 43.4 Å². The molecular formula is C9H11IO3S. The summed E-state index contributed by atoms with van der Waals surface area (Å²) >= 11 is 1.89. The van der Waals surface area contributed by atoms with E-state index in [1.165, 1.54) is 0 Å². The number of rotatable bonds is 1. The second-order valence-electron chi connectivity index (χ2n) is 3.05. The summed E-state index contributed by atoms with van der Waals surface area (Å²) in [7, 11) is 1.04. The molecule has 0 saturated carbocycles. The highest BCUT2D eigenvalue weighted by molar-refractivity contribution is 14.2. The summed E-state index contributed by atoms with van der Waals surface area (Å²) in [4.78, 5) is 22.0. The highest BCUT2D eigenvalue weighted by Gasteiger charge is 2.14. The van der Waals surface area contributed by atoms with Gasteiger partial charge >= 0.3 is 5.30 Å². The summed E-state index contributed by atoms with van der Waals surface area (Å²) in [5.74, 6) is 0.259. The minimum absolute atomic E-state index is 0.155. The van der Waals surface area contributed by atoms with E-state index in [4.69, 9.17) is 4.74 Å². The Morgan fingerprint density at radius 2 is 2.43 bits per heavy atom. The molecule has 0 saturated heterocycles. The first-order chi connectivity index (χ1) is 6.72. The number of carbonyl (C=O) groups excluding carboxylic acids is 2. The van der Waals surface area contributed by atoms with Gasteiger partial charge in [0.25, 0.3) is 0 Å². The maximum Gasteiger partial charge on any atom is 0.378 e. The van der Waals surface area contributed by atoms with Crippen molar-refractivity contribution in [1.29, 1.82) is 0 Å². The first kappa shape index (κ1) is 12.0. The monoisotopic (exact) mass is 326 g/mol. The van der Waals surface area contributed by atoms with E-state index in [1.807, 2.05) is 27.3 Å². The molecule has 0 bridgehead atoms. The Bertz CT molecular complexity index is 252. The van der Waals surface area contributed by atoms with E-state index in [-0.39, 0.29) is 17.2 Å². The molecule has 1 unspecified atom stereocenters. The van der Waals surface area contributed by atoms with Crippen LogP contribution < -0.4 is 0 Å². The van der Waals surface area contributed by atoms with Gasteiger partial charge in [0.05, 0.1) is 0 Å². The molecule has 1 atom stereocenters. The van der Waals surface area contributed by atoms with E-state index in [0.717, 1.165) is 21.8 Å². The minimum atomic E-state index is -0.271. The third-order valence-electron chi connectivity index (χ3n) is 1.95. The van der Waals surface area contributed by atoms with Crippen molar-refractivity contribution in [3.63, 3.8) is 0 Å². The quantitative estimate of drug-likeness (QED) is 0.421. The Balaban J connectivity index is 2.45. The summed E-state index contributed by atoms with van der Waals surface area (Å²) in [6.07, 6.45) is 6.04. The molecule has 0 aromatic carbocycles. The molecule has 0 spiro atoms. The molecule has 0 aromatic heterocycles. The van der Waals surface area contributed by atoms with E-state index in [0.29, 0.717) is 12.8 Å². The van der Waals surface area contributed by atoms with E-state index < -0.39 is 0 Å². The average Bonchev–Trinajstić information content (AvgIpc) is 2.14. The zero-order valence-electron chi connectivity index (χ0n) is 7.57. The van der Waals surface area contributed by atoms with Crippen LogP contribution in [-0.4, -0.2) is 17.2 Å². The van der Waals surface area contributed by atoms with Crippen LogP contribution in [0.25, 0.3) is 0 Å². The molecule has 0 aromatic rings. The van der Waals surface area contributed by atoms with Gasteiger partial charge in [-0.2, -0.15) is 0 Å². The number of hydrogen-bond acceptors (Lipinski definition) is 4. The van der Waals surface area contributed by atoms with Crippen LogP contribution in [0.1, 0.15) is 25.7 Å². The first-order valence-electron chi connectivity index (χ1n) is 4.40. The van der Waals surface area contributed by atoms with Crippen molar-refractivity contribution in [2.75, 3.05) is 0 Å². The van der Waals surface area contributed by atoms with Gasteiger partial charge in [-0.15, -0.1) is 0 Å². The number of hydrogen-bond donors (Lipinski definition) is 0. The van der Waals surface area contributed by atoms with Crippen LogP contribution in [0.5, 0.6) is 0 Å². The molecule has 0 N–H and O–H groups in total. The lowest BCUT2D eigenvalue weighted by Gasteiger charge is -2.14. The first-order valence-corrected chi connectivity index (χ1v) is 7.76. The van der Waals surface area contributed by atoms with Crippen LogP contribution in [0.3, 0.4) is 0 Å². The molecule has 0 amide bonds. The van der Waals surface area contributed by atoms with Crippen molar-refractivity contribution in [2.24, 2.45) is 0 Å². The normalized spacial score (nSPS) is 24.9. The van der Waals surface area contributed by atoms with Crippen LogP contribution in [0, 0.1) is 0 Å². The Kier molecular flexibility index (Phi) is 5.54. The van der Waals surface area contributed by atoms with Crippen LogP contribution in [0.4, 0.5) is 4.79 Å². The zero-order chi connectivity index (χ0) is 10.4. The summed E-state index contributed by atoms with van der Waals surface area (Å²) < 4.78 is 5.13. The fourth-order valence-electron chi connectivity index (χ4n) is 1.29. The third-order valence-corrected chi connectivity index (χ3v) is 3.25. The Hall–Kier alpha value is -0.0400. The lowest BCUT2D eigenvalue weighted by molar-refractivity contribution is -0.118. The molecule has 1 aliphatic rings. The molecule has 0 heterocycles. The molecule has 3 nitrogen and oxygen atoms in total. The Morgan fingerprint density at radius 3 is 3.14 bits per heavy atom. The predicted octanol–water partition coefficient (Wildman–Crippen LogP) is 3.27. The van der Waals surface area contributed by atoms with Crippen molar-refractivity contribution >= 4 is 41.2 Å². The predicted molar refractivity (Wildman–Crippen MR) is 64.5 cm³/mol. The van der Waals surface area contributed by atoms with Gasteiger partial charge in [-0.3, -0.25) is 4.79 Å². The zero-order valence-corrected chi connectivity index (χ0v) is 10.5. The largest absolute Gasteiger partial charge is 0.449 e. The number of Topliss-reactive ketones (excluding diaryl/α,β-unsaturated/α-hetero) is 1. The summed E-state index contributed by atoms with van der Waals surface area (Å²) in [5.41, 5.74) is 0. The molecule has 14 heavy (non-hydrogen) atoms. The molecule has 1 aliphatic carbocycles. The molecule has 0 fully saturated rings. The van der Waals surface area contributed by atoms with Crippen molar-refractivity contribution in [1.82, 2.24) is 0 Å². The Labute approximate surface area is 99.2 Å². The van der Waals surface area contributed by atoms with Crippen LogP contribution in [-0.2, 0) is 9.53 Å². The second-order valence-corrected chi connectivity index (χ2v) is 4.86. The standard InChI is InChI=1S/C9H11IO3S/c10-14-9(12)13-8-5-1-3-7(11)4-2-6-8/h1,5,8H,2-4,6H2/b5-1+. The molecule has 0 aliphatic heterocycles. The van der Waals surface area contributed by atoms with Crippen molar-refractivity contribution in [3.8, 4) is 0 Å². The van der Waals surface area contributed by atoms with Gasteiger partial charge in [0.1, 0.15) is 11.9 Å². The van der Waals surface area contributed by atoms with Crippen LogP contribution in [0.2, 0.25) is 0 Å². The van der Waals surface area contributed by atoms with E-state index >= 15 is 0 Å². The van der Waals surface area contributed by atoms with Crippen molar-refractivity contribution < 1.29 is 14.3 Å². The summed E-state index contributed by atoms with van der Waals surface area (Å²) in [6.45, 7) is 0. The SMILES string of the molecule is O=C1C/C=C/C(OC(=O)SI)CCC1. The van der Waals surface area contributed by atoms with E-state index in [2.05, 4.69) is 0 Å². The number of allylic oxidation sites excluding steroid dienone is 1.